The van der Waals surface area contributed by atoms with Gasteiger partial charge in [0.25, 0.3) is 0 Å². The number of allylic oxidation sites excluding steroid dienone is 1. The van der Waals surface area contributed by atoms with Crippen molar-refractivity contribution in [3.63, 3.8) is 0 Å². The van der Waals surface area contributed by atoms with Crippen LogP contribution in [0, 0.1) is 12.8 Å². The molecule has 2 aromatic carbocycles. The van der Waals surface area contributed by atoms with Gasteiger partial charge in [-0.2, -0.15) is 0 Å². The van der Waals surface area contributed by atoms with E-state index < -0.39 is 17.5 Å². The third kappa shape index (κ3) is 5.09. The molecule has 0 bridgehead atoms. The second-order valence-corrected chi connectivity index (χ2v) is 9.41. The lowest BCUT2D eigenvalue weighted by Gasteiger charge is -2.38. The molecule has 1 aliphatic rings. The van der Waals surface area contributed by atoms with Crippen molar-refractivity contribution >= 4 is 64.4 Å². The average Bonchev–Trinajstić information content (AvgIpc) is 2.80. The molecule has 0 saturated carbocycles. The number of hydrogen-bond donors (Lipinski definition) is 0. The second-order valence-electron chi connectivity index (χ2n) is 7.78. The normalized spacial score (nSPS) is 19.6. The van der Waals surface area contributed by atoms with Gasteiger partial charge in [-0.05, 0) is 25.1 Å². The fraction of sp³-hybridized carbons (Fsp3) is 0.292. The smallest absolute Gasteiger partial charge is 0.345 e. The lowest BCUT2D eigenvalue weighted by Crippen LogP contribution is -2.50. The van der Waals surface area contributed by atoms with Crippen LogP contribution in [0.15, 0.2) is 30.0 Å². The first-order valence-corrected chi connectivity index (χ1v) is 11.7. The van der Waals surface area contributed by atoms with Gasteiger partial charge in [-0.15, -0.1) is 0 Å². The quantitative estimate of drug-likeness (QED) is 0.223. The summed E-state index contributed by atoms with van der Waals surface area (Å²) in [6.45, 7) is 3.30. The molecule has 186 valence electrons. The molecule has 0 spiro atoms. The van der Waals surface area contributed by atoms with Crippen LogP contribution in [0.5, 0.6) is 17.2 Å². The van der Waals surface area contributed by atoms with Crippen LogP contribution in [-0.2, 0) is 14.3 Å². The van der Waals surface area contributed by atoms with E-state index in [1.54, 1.807) is 13.8 Å². The third-order valence-electron chi connectivity index (χ3n) is 5.60. The third-order valence-corrected chi connectivity index (χ3v) is 6.76. The topological polar surface area (TPSA) is 88.1 Å². The zero-order valence-electron chi connectivity index (χ0n) is 19.0. The monoisotopic (exact) mass is 560 g/mol. The van der Waals surface area contributed by atoms with E-state index in [1.165, 1.54) is 38.5 Å². The fourth-order valence-electron chi connectivity index (χ4n) is 3.71. The molecule has 0 saturated heterocycles. The lowest BCUT2D eigenvalue weighted by molar-refractivity contribution is -0.130. The van der Waals surface area contributed by atoms with Gasteiger partial charge in [0.2, 0.25) is 5.60 Å². The highest BCUT2D eigenvalue weighted by molar-refractivity contribution is 6.40. The average molecular weight is 562 g/mol. The minimum absolute atomic E-state index is 0.0120. The maximum absolute atomic E-state index is 13.1. The molecule has 0 unspecified atom stereocenters. The van der Waals surface area contributed by atoms with Crippen molar-refractivity contribution in [1.82, 2.24) is 0 Å². The number of carbonyl (C=O) groups is 3. The van der Waals surface area contributed by atoms with Gasteiger partial charge >= 0.3 is 5.97 Å². The van der Waals surface area contributed by atoms with Crippen molar-refractivity contribution in [2.75, 3.05) is 14.2 Å². The van der Waals surface area contributed by atoms with Crippen LogP contribution in [0.4, 0.5) is 0 Å². The van der Waals surface area contributed by atoms with Crippen molar-refractivity contribution in [2.24, 2.45) is 5.92 Å². The summed E-state index contributed by atoms with van der Waals surface area (Å²) in [5.41, 5.74) is -1.42. The molecule has 2 aromatic rings. The number of ketones is 1. The van der Waals surface area contributed by atoms with Gasteiger partial charge in [-0.3, -0.25) is 9.59 Å². The Hall–Kier alpha value is -2.45. The molecular weight excluding hydrogens is 542 g/mol. The van der Waals surface area contributed by atoms with Crippen LogP contribution in [0.1, 0.15) is 29.3 Å². The number of ether oxygens (including phenoxy) is 4. The highest BCUT2D eigenvalue weighted by Crippen LogP contribution is 2.45. The van der Waals surface area contributed by atoms with Crippen molar-refractivity contribution in [3.05, 3.63) is 61.3 Å². The van der Waals surface area contributed by atoms with E-state index in [0.29, 0.717) is 11.8 Å². The fourth-order valence-corrected chi connectivity index (χ4v) is 4.91. The van der Waals surface area contributed by atoms with Crippen LogP contribution in [0.3, 0.4) is 0 Å². The van der Waals surface area contributed by atoms with E-state index >= 15 is 0 Å². The molecule has 0 fully saturated rings. The molecule has 0 amide bonds. The van der Waals surface area contributed by atoms with Crippen LogP contribution >= 0.6 is 46.4 Å². The molecule has 0 aromatic heterocycles. The number of aldehydes is 1. The van der Waals surface area contributed by atoms with E-state index in [1.807, 2.05) is 0 Å². The predicted octanol–water partition coefficient (Wildman–Crippen LogP) is 6.29. The number of methoxy groups -OCH3 is 2. The number of rotatable bonds is 7. The molecule has 11 heteroatoms. The predicted molar refractivity (Wildman–Crippen MR) is 132 cm³/mol. The Morgan fingerprint density at radius 3 is 2.23 bits per heavy atom. The van der Waals surface area contributed by atoms with Gasteiger partial charge in [-0.1, -0.05) is 53.3 Å². The van der Waals surface area contributed by atoms with E-state index in [-0.39, 0.29) is 60.9 Å². The number of hydrogen-bond acceptors (Lipinski definition) is 7. The summed E-state index contributed by atoms with van der Waals surface area (Å²) in [6.07, 6.45) is 1.78. The Morgan fingerprint density at radius 1 is 1.06 bits per heavy atom. The van der Waals surface area contributed by atoms with Crippen molar-refractivity contribution in [1.29, 1.82) is 0 Å². The summed E-state index contributed by atoms with van der Waals surface area (Å²) in [7, 11) is 2.71. The molecule has 35 heavy (non-hydrogen) atoms. The molecule has 7 nitrogen and oxygen atoms in total. The van der Waals surface area contributed by atoms with Gasteiger partial charge in [-0.25, -0.2) is 4.79 Å². The molecule has 0 heterocycles. The summed E-state index contributed by atoms with van der Waals surface area (Å²) in [4.78, 5) is 37.5. The second kappa shape index (κ2) is 10.7. The van der Waals surface area contributed by atoms with E-state index in [4.69, 9.17) is 65.4 Å². The molecule has 0 radical (unpaired) electrons. The van der Waals surface area contributed by atoms with Crippen LogP contribution in [-0.4, -0.2) is 37.9 Å². The first kappa shape index (κ1) is 27.1. The largest absolute Gasteiger partial charge is 0.496 e. The van der Waals surface area contributed by atoms with Crippen LogP contribution in [0.25, 0.3) is 0 Å². The maximum atomic E-state index is 13.1. The molecule has 1 aliphatic carbocycles. The minimum atomic E-state index is -1.67. The summed E-state index contributed by atoms with van der Waals surface area (Å²) in [5, 5.41) is 0.123. The van der Waals surface area contributed by atoms with Crippen LogP contribution in [0.2, 0.25) is 20.1 Å². The first-order chi connectivity index (χ1) is 16.5. The van der Waals surface area contributed by atoms with E-state index in [2.05, 4.69) is 0 Å². The Bertz CT molecular complexity index is 1220. The van der Waals surface area contributed by atoms with Crippen molar-refractivity contribution < 1.29 is 33.3 Å². The van der Waals surface area contributed by atoms with Gasteiger partial charge in [0.05, 0.1) is 34.9 Å². The number of benzene rings is 2. The highest BCUT2D eigenvalue weighted by Gasteiger charge is 2.48. The van der Waals surface area contributed by atoms with E-state index in [9.17, 15) is 14.4 Å². The van der Waals surface area contributed by atoms with Gasteiger partial charge in [0, 0.05) is 29.0 Å². The molecular formula is C24H20Cl4O7. The van der Waals surface area contributed by atoms with Crippen molar-refractivity contribution in [2.45, 2.75) is 25.9 Å². The minimum Gasteiger partial charge on any atom is -0.496 e. The summed E-state index contributed by atoms with van der Waals surface area (Å²) in [5.74, 6) is -1.64. The Kier molecular flexibility index (Phi) is 8.27. The molecule has 3 rings (SSSR count). The SMILES string of the molecule is COC1=CC(=O)C[C@@H](C)[C@]1(C=O)Oc1c(C)c(OC)cc(C(=O)Oc2c(Cl)cc(Cl)cc2Cl)c1Cl. The van der Waals surface area contributed by atoms with Crippen molar-refractivity contribution in [3.8, 4) is 17.2 Å². The van der Waals surface area contributed by atoms with Gasteiger partial charge in [0.15, 0.2) is 23.6 Å². The number of carbonyl (C=O) groups excluding carboxylic acids is 3. The summed E-state index contributed by atoms with van der Waals surface area (Å²) in [6, 6.07) is 4.09. The van der Waals surface area contributed by atoms with Gasteiger partial charge in [0.1, 0.15) is 11.5 Å². The molecule has 2 atom stereocenters. The first-order valence-electron chi connectivity index (χ1n) is 10.2. The summed E-state index contributed by atoms with van der Waals surface area (Å²) < 4.78 is 22.3. The lowest BCUT2D eigenvalue weighted by atomic mass is 9.79. The molecule has 0 N–H and O–H groups in total. The maximum Gasteiger partial charge on any atom is 0.345 e. The number of halogens is 4. The standard InChI is InChI=1S/C24H20Cl4O7/c1-11-5-14(30)8-19(33-4)24(11,10-29)35-21-12(2)18(32-3)9-15(20(21)28)23(31)34-22-16(26)6-13(25)7-17(22)27/h6-11H,5H2,1-4H3/t11-,24+/m1/s1. The van der Waals surface area contributed by atoms with Gasteiger partial charge < -0.3 is 18.9 Å². The summed E-state index contributed by atoms with van der Waals surface area (Å²) >= 11 is 24.8. The Morgan fingerprint density at radius 2 is 1.69 bits per heavy atom. The Labute approximate surface area is 221 Å². The zero-order valence-corrected chi connectivity index (χ0v) is 22.1. The van der Waals surface area contributed by atoms with Crippen LogP contribution < -0.4 is 14.2 Å². The molecule has 0 aliphatic heterocycles. The highest BCUT2D eigenvalue weighted by atomic mass is 35.5. The zero-order chi connectivity index (χ0) is 26.1. The number of esters is 1. The van der Waals surface area contributed by atoms with E-state index in [0.717, 1.165) is 0 Å². The Balaban J connectivity index is 2.12.